The molecule has 2 heterocycles. The molecule has 1 amide bonds. The number of carbonyl (C=O) groups excluding carboxylic acids is 1. The Morgan fingerprint density at radius 2 is 2.00 bits per heavy atom. The van der Waals surface area contributed by atoms with Crippen LogP contribution in [-0.2, 0) is 27.1 Å². The van der Waals surface area contributed by atoms with Crippen molar-refractivity contribution >= 4 is 12.1 Å². The Hall–Kier alpha value is -2.35. The smallest absolute Gasteiger partial charge is 0.405 e. The van der Waals surface area contributed by atoms with Crippen molar-refractivity contribution in [3.05, 3.63) is 23.4 Å². The van der Waals surface area contributed by atoms with Gasteiger partial charge in [-0.15, -0.1) is 0 Å². The number of aryl methyl sites for hydroxylation is 1. The fraction of sp³-hybridized carbons (Fsp3) is 0.731. The summed E-state index contributed by atoms with van der Waals surface area (Å²) in [7, 11) is 3.34. The SMILES string of the molecule is COCCCCc1cc(C[C@H](C[C@H](NC(=O)O)[C@@H]2C[C@@H](C(C)C)C(=O)O2)C(C)C)cnc1OC. The van der Waals surface area contributed by atoms with Crippen molar-refractivity contribution in [1.82, 2.24) is 10.3 Å². The lowest BCUT2D eigenvalue weighted by Gasteiger charge is -2.29. The molecule has 1 aromatic rings. The molecule has 0 aromatic carbocycles. The number of rotatable bonds is 14. The Balaban J connectivity index is 2.16. The van der Waals surface area contributed by atoms with Crippen LogP contribution in [0.4, 0.5) is 4.79 Å². The van der Waals surface area contributed by atoms with Gasteiger partial charge >= 0.3 is 12.1 Å². The first kappa shape index (κ1) is 27.9. The fourth-order valence-electron chi connectivity index (χ4n) is 4.69. The van der Waals surface area contributed by atoms with Gasteiger partial charge in [0.1, 0.15) is 6.10 Å². The van der Waals surface area contributed by atoms with Gasteiger partial charge in [-0.2, -0.15) is 0 Å². The number of ether oxygens (including phenoxy) is 3. The van der Waals surface area contributed by atoms with Gasteiger partial charge in [0.15, 0.2) is 0 Å². The predicted octanol–water partition coefficient (Wildman–Crippen LogP) is 4.49. The quantitative estimate of drug-likeness (QED) is 0.300. The minimum absolute atomic E-state index is 0.163. The molecule has 34 heavy (non-hydrogen) atoms. The van der Waals surface area contributed by atoms with E-state index < -0.39 is 18.2 Å². The second-order valence-electron chi connectivity index (χ2n) is 10.0. The van der Waals surface area contributed by atoms with Crippen molar-refractivity contribution in [1.29, 1.82) is 0 Å². The number of amides is 1. The molecular formula is C26H42N2O6. The summed E-state index contributed by atoms with van der Waals surface area (Å²) in [6, 6.07) is 1.70. The van der Waals surface area contributed by atoms with Gasteiger partial charge in [0.2, 0.25) is 5.88 Å². The van der Waals surface area contributed by atoms with Gasteiger partial charge in [0.25, 0.3) is 0 Å². The van der Waals surface area contributed by atoms with Gasteiger partial charge in [0, 0.05) is 25.5 Å². The van der Waals surface area contributed by atoms with E-state index in [0.717, 1.165) is 43.4 Å². The molecular weight excluding hydrogens is 436 g/mol. The molecule has 2 N–H and O–H groups in total. The Bertz CT molecular complexity index is 797. The topological polar surface area (TPSA) is 107 Å². The fourth-order valence-corrected chi connectivity index (χ4v) is 4.69. The van der Waals surface area contributed by atoms with E-state index in [4.69, 9.17) is 14.2 Å². The summed E-state index contributed by atoms with van der Waals surface area (Å²) < 4.78 is 16.2. The minimum atomic E-state index is -1.10. The summed E-state index contributed by atoms with van der Waals surface area (Å²) in [5, 5.41) is 12.1. The lowest BCUT2D eigenvalue weighted by molar-refractivity contribution is -0.146. The average molecular weight is 479 g/mol. The van der Waals surface area contributed by atoms with Crippen LogP contribution in [0.1, 0.15) is 64.5 Å². The minimum Gasteiger partial charge on any atom is -0.481 e. The van der Waals surface area contributed by atoms with Crippen LogP contribution in [0, 0.1) is 23.7 Å². The van der Waals surface area contributed by atoms with E-state index in [2.05, 4.69) is 30.2 Å². The lowest BCUT2D eigenvalue weighted by Crippen LogP contribution is -2.44. The largest absolute Gasteiger partial charge is 0.481 e. The highest BCUT2D eigenvalue weighted by molar-refractivity contribution is 5.75. The third-order valence-corrected chi connectivity index (χ3v) is 6.84. The zero-order valence-electron chi connectivity index (χ0n) is 21.5. The highest BCUT2D eigenvalue weighted by Gasteiger charge is 2.41. The molecule has 0 bridgehead atoms. The highest BCUT2D eigenvalue weighted by Crippen LogP contribution is 2.33. The number of methoxy groups -OCH3 is 2. The van der Waals surface area contributed by atoms with E-state index in [-0.39, 0.29) is 23.7 Å². The Morgan fingerprint density at radius 1 is 1.26 bits per heavy atom. The van der Waals surface area contributed by atoms with Crippen molar-refractivity contribution in [2.24, 2.45) is 23.7 Å². The first-order chi connectivity index (χ1) is 16.2. The summed E-state index contributed by atoms with van der Waals surface area (Å²) >= 11 is 0. The lowest BCUT2D eigenvalue weighted by atomic mass is 9.81. The van der Waals surface area contributed by atoms with Gasteiger partial charge in [-0.1, -0.05) is 27.7 Å². The van der Waals surface area contributed by atoms with Crippen molar-refractivity contribution in [2.75, 3.05) is 20.8 Å². The average Bonchev–Trinajstić information content (AvgIpc) is 3.17. The molecule has 1 aromatic heterocycles. The van der Waals surface area contributed by atoms with Gasteiger partial charge in [-0.25, -0.2) is 9.78 Å². The number of carbonyl (C=O) groups is 2. The number of carboxylic acid groups (broad SMARTS) is 1. The number of hydrogen-bond donors (Lipinski definition) is 2. The number of nitrogens with one attached hydrogen (secondary N) is 1. The van der Waals surface area contributed by atoms with Gasteiger partial charge in [-0.05, 0) is 67.9 Å². The molecule has 1 saturated heterocycles. The second kappa shape index (κ2) is 13.5. The number of esters is 1. The number of hydrogen-bond acceptors (Lipinski definition) is 6. The van der Waals surface area contributed by atoms with Crippen LogP contribution in [0.25, 0.3) is 0 Å². The monoisotopic (exact) mass is 478 g/mol. The molecule has 0 saturated carbocycles. The highest BCUT2D eigenvalue weighted by atomic mass is 16.6. The first-order valence-corrected chi connectivity index (χ1v) is 12.4. The van der Waals surface area contributed by atoms with E-state index >= 15 is 0 Å². The van der Waals surface area contributed by atoms with Crippen LogP contribution in [0.5, 0.6) is 5.88 Å². The molecule has 4 atom stereocenters. The van der Waals surface area contributed by atoms with E-state index in [1.165, 1.54) is 0 Å². The molecule has 1 aliphatic rings. The van der Waals surface area contributed by atoms with E-state index in [1.54, 1.807) is 14.2 Å². The third kappa shape index (κ3) is 8.15. The zero-order valence-corrected chi connectivity index (χ0v) is 21.5. The van der Waals surface area contributed by atoms with Crippen LogP contribution < -0.4 is 10.1 Å². The first-order valence-electron chi connectivity index (χ1n) is 12.4. The van der Waals surface area contributed by atoms with E-state index in [0.29, 0.717) is 24.6 Å². The molecule has 2 rings (SSSR count). The molecule has 1 fully saturated rings. The standard InChI is InChI=1S/C26H42N2O6/c1-16(2)20(12-18-11-19(9-7-8-10-32-5)24(33-6)27-15-18)13-22(28-26(30)31)23-14-21(17(3)4)25(29)34-23/h11,15-17,20-23,28H,7-10,12-14H2,1-6H3,(H,30,31)/t20-,21+,22+,23+/m1/s1. The number of pyridine rings is 1. The molecule has 0 radical (unpaired) electrons. The van der Waals surface area contributed by atoms with Crippen LogP contribution in [0.3, 0.4) is 0 Å². The Labute approximate surface area is 203 Å². The van der Waals surface area contributed by atoms with Crippen LogP contribution in [0.15, 0.2) is 12.3 Å². The summed E-state index contributed by atoms with van der Waals surface area (Å²) in [5.74, 6) is 0.887. The Kier molecular flexibility index (Phi) is 11.1. The van der Waals surface area contributed by atoms with Gasteiger partial charge < -0.3 is 24.6 Å². The number of cyclic esters (lactones) is 1. The van der Waals surface area contributed by atoms with Crippen LogP contribution >= 0.6 is 0 Å². The summed E-state index contributed by atoms with van der Waals surface area (Å²) in [5.41, 5.74) is 2.17. The van der Waals surface area contributed by atoms with Crippen molar-refractivity contribution in [3.63, 3.8) is 0 Å². The maximum Gasteiger partial charge on any atom is 0.405 e. The molecule has 8 nitrogen and oxygen atoms in total. The van der Waals surface area contributed by atoms with Crippen LogP contribution in [-0.4, -0.2) is 55.1 Å². The number of nitrogens with zero attached hydrogens (tertiary/aromatic N) is 1. The van der Waals surface area contributed by atoms with Crippen molar-refractivity contribution in [3.8, 4) is 5.88 Å². The normalized spacial score (nSPS) is 19.8. The molecule has 8 heteroatoms. The maximum atomic E-state index is 12.3. The second-order valence-corrected chi connectivity index (χ2v) is 10.0. The summed E-state index contributed by atoms with van der Waals surface area (Å²) in [6.45, 7) is 9.00. The third-order valence-electron chi connectivity index (χ3n) is 6.84. The van der Waals surface area contributed by atoms with Gasteiger partial charge in [0.05, 0.1) is 19.1 Å². The summed E-state index contributed by atoms with van der Waals surface area (Å²) in [6.07, 6.45) is 5.00. The molecule has 0 unspecified atom stereocenters. The predicted molar refractivity (Wildman–Crippen MR) is 130 cm³/mol. The zero-order chi connectivity index (χ0) is 25.3. The molecule has 0 aliphatic carbocycles. The van der Waals surface area contributed by atoms with Crippen molar-refractivity contribution < 1.29 is 28.9 Å². The number of unbranched alkanes of at least 4 members (excludes halogenated alkanes) is 1. The van der Waals surface area contributed by atoms with Crippen molar-refractivity contribution in [2.45, 2.75) is 78.4 Å². The van der Waals surface area contributed by atoms with Crippen LogP contribution in [0.2, 0.25) is 0 Å². The maximum absolute atomic E-state index is 12.3. The molecule has 192 valence electrons. The Morgan fingerprint density at radius 3 is 2.56 bits per heavy atom. The van der Waals surface area contributed by atoms with Gasteiger partial charge in [-0.3, -0.25) is 4.79 Å². The van der Waals surface area contributed by atoms with E-state index in [1.807, 2.05) is 20.0 Å². The molecule has 0 spiro atoms. The number of aromatic nitrogens is 1. The molecule has 1 aliphatic heterocycles. The van der Waals surface area contributed by atoms with E-state index in [9.17, 15) is 14.7 Å². The summed E-state index contributed by atoms with van der Waals surface area (Å²) in [4.78, 5) is 28.4.